The van der Waals surface area contributed by atoms with Crippen molar-refractivity contribution >= 4 is 17.5 Å². The van der Waals surface area contributed by atoms with Gasteiger partial charge in [0, 0.05) is 29.5 Å². The summed E-state index contributed by atoms with van der Waals surface area (Å²) < 4.78 is 40.3. The van der Waals surface area contributed by atoms with Crippen LogP contribution in [0.2, 0.25) is 5.02 Å². The maximum Gasteiger partial charge on any atom is 0.417 e. The fourth-order valence-electron chi connectivity index (χ4n) is 4.76. The molecule has 8 heteroatoms. The molecule has 30 heavy (non-hydrogen) atoms. The summed E-state index contributed by atoms with van der Waals surface area (Å²) in [5.41, 5.74) is 0.0280. The van der Waals surface area contributed by atoms with Crippen molar-refractivity contribution in [2.45, 2.75) is 69.8 Å². The number of alkyl halides is 3. The molecule has 4 atom stereocenters. The summed E-state index contributed by atoms with van der Waals surface area (Å²) in [6.45, 7) is 2.05. The van der Waals surface area contributed by atoms with E-state index < -0.39 is 23.9 Å². The van der Waals surface area contributed by atoms with E-state index in [1.165, 1.54) is 6.07 Å². The Morgan fingerprint density at radius 3 is 2.57 bits per heavy atom. The van der Waals surface area contributed by atoms with Crippen molar-refractivity contribution in [1.29, 1.82) is 0 Å². The van der Waals surface area contributed by atoms with Gasteiger partial charge >= 0.3 is 6.18 Å². The van der Waals surface area contributed by atoms with Gasteiger partial charge in [0.25, 0.3) is 0 Å². The molecular weight excluding hydrogens is 417 g/mol. The third-order valence-corrected chi connectivity index (χ3v) is 7.21. The van der Waals surface area contributed by atoms with E-state index in [1.807, 2.05) is 13.0 Å². The number of rotatable bonds is 5. The van der Waals surface area contributed by atoms with Gasteiger partial charge in [-0.25, -0.2) is 0 Å². The van der Waals surface area contributed by atoms with Crippen molar-refractivity contribution in [3.63, 3.8) is 0 Å². The van der Waals surface area contributed by atoms with Crippen molar-refractivity contribution in [2.75, 3.05) is 0 Å². The Balaban J connectivity index is 1.67. The molecular formula is C22H26ClF3N2O2. The summed E-state index contributed by atoms with van der Waals surface area (Å²) in [6.07, 6.45) is 1.03. The third kappa shape index (κ3) is 4.19. The number of hydrogen-bond donors (Lipinski definition) is 3. The zero-order valence-corrected chi connectivity index (χ0v) is 17.5. The third-order valence-electron chi connectivity index (χ3n) is 6.88. The fraction of sp³-hybridized carbons (Fsp3) is 0.591. The van der Waals surface area contributed by atoms with Gasteiger partial charge < -0.3 is 15.7 Å². The van der Waals surface area contributed by atoms with E-state index in [9.17, 15) is 23.1 Å². The van der Waals surface area contributed by atoms with Crippen LogP contribution in [0.4, 0.5) is 13.2 Å². The number of aliphatic hydroxyl groups is 1. The Kier molecular flexibility index (Phi) is 5.56. The lowest BCUT2D eigenvalue weighted by molar-refractivity contribution is -0.137. The molecule has 1 aliphatic carbocycles. The topological polar surface area (TPSA) is 61.4 Å². The Bertz CT molecular complexity index is 868. The normalized spacial score (nSPS) is 30.5. The fourth-order valence-corrected chi connectivity index (χ4v) is 4.98. The quantitative estimate of drug-likeness (QED) is 0.618. The molecule has 1 saturated heterocycles. The van der Waals surface area contributed by atoms with Crippen LogP contribution in [0.5, 0.6) is 0 Å². The molecule has 2 aliphatic heterocycles. The van der Waals surface area contributed by atoms with E-state index in [-0.39, 0.29) is 22.4 Å². The van der Waals surface area contributed by atoms with Gasteiger partial charge in [-0.05, 0) is 55.7 Å². The molecule has 0 radical (unpaired) electrons. The summed E-state index contributed by atoms with van der Waals surface area (Å²) in [5, 5.41) is 16.5. The minimum Gasteiger partial charge on any atom is -0.373 e. The van der Waals surface area contributed by atoms with Crippen molar-refractivity contribution in [3.8, 4) is 0 Å². The summed E-state index contributed by atoms with van der Waals surface area (Å²) in [6, 6.07) is 3.84. The van der Waals surface area contributed by atoms with Crippen LogP contribution in [0, 0.1) is 11.3 Å². The Labute approximate surface area is 178 Å². The lowest BCUT2D eigenvalue weighted by atomic mass is 9.75. The zero-order valence-electron chi connectivity index (χ0n) is 16.7. The highest BCUT2D eigenvalue weighted by molar-refractivity contribution is 6.31. The molecule has 4 nitrogen and oxygen atoms in total. The van der Waals surface area contributed by atoms with Crippen LogP contribution in [-0.4, -0.2) is 23.3 Å². The van der Waals surface area contributed by atoms with Gasteiger partial charge in [-0.1, -0.05) is 30.7 Å². The number of nitrogens with one attached hydrogen (secondary N) is 2. The standard InChI is InChI=1S/C22H26ClF3N2O2/c1-21(13-3-4-13)9-8-18(28-20(21)30)15(11-14-5-7-19(29)27-14)12-2-6-17(23)16(10-12)22(24,25)26/h2,6,8,10,13-15,20,28,30H,3-5,7,9,11H2,1H3,(H,27,29)/t14-,15?,20?,21?/m1/s1. The van der Waals surface area contributed by atoms with Gasteiger partial charge in [-0.2, -0.15) is 13.2 Å². The Morgan fingerprint density at radius 2 is 2.00 bits per heavy atom. The highest BCUT2D eigenvalue weighted by Gasteiger charge is 2.48. The van der Waals surface area contributed by atoms with Crippen molar-refractivity contribution in [2.24, 2.45) is 11.3 Å². The molecule has 1 aromatic rings. The molecule has 0 spiro atoms. The molecule has 164 valence electrons. The highest BCUT2D eigenvalue weighted by Crippen LogP contribution is 2.52. The number of aliphatic hydroxyl groups excluding tert-OH is 1. The predicted molar refractivity (Wildman–Crippen MR) is 108 cm³/mol. The second-order valence-electron chi connectivity index (χ2n) is 9.02. The average molecular weight is 443 g/mol. The van der Waals surface area contributed by atoms with Gasteiger partial charge in [0.1, 0.15) is 6.23 Å². The number of benzene rings is 1. The van der Waals surface area contributed by atoms with Crippen molar-refractivity contribution in [3.05, 3.63) is 46.1 Å². The van der Waals surface area contributed by atoms with E-state index in [4.69, 9.17) is 11.6 Å². The van der Waals surface area contributed by atoms with Gasteiger partial charge in [-0.15, -0.1) is 0 Å². The number of allylic oxidation sites excluding steroid dienone is 2. The van der Waals surface area contributed by atoms with Crippen LogP contribution in [-0.2, 0) is 11.0 Å². The second kappa shape index (κ2) is 7.75. The summed E-state index contributed by atoms with van der Waals surface area (Å²) in [7, 11) is 0. The Morgan fingerprint density at radius 1 is 1.27 bits per heavy atom. The van der Waals surface area contributed by atoms with Gasteiger partial charge in [0.05, 0.1) is 10.6 Å². The zero-order chi connectivity index (χ0) is 21.7. The van der Waals surface area contributed by atoms with E-state index in [0.717, 1.165) is 18.9 Å². The van der Waals surface area contributed by atoms with Gasteiger partial charge in [0.2, 0.25) is 5.91 Å². The molecule has 1 aromatic carbocycles. The number of hydrogen-bond acceptors (Lipinski definition) is 3. The summed E-state index contributed by atoms with van der Waals surface area (Å²) in [4.78, 5) is 11.6. The molecule has 0 aromatic heterocycles. The maximum absolute atomic E-state index is 13.4. The van der Waals surface area contributed by atoms with Gasteiger partial charge in [0.15, 0.2) is 0 Å². The molecule has 1 saturated carbocycles. The van der Waals surface area contributed by atoms with Gasteiger partial charge in [-0.3, -0.25) is 4.79 Å². The van der Waals surface area contributed by atoms with E-state index in [1.54, 1.807) is 6.07 Å². The molecule has 3 N–H and O–H groups in total. The number of amides is 1. The van der Waals surface area contributed by atoms with E-state index in [2.05, 4.69) is 10.6 Å². The molecule has 0 bridgehead atoms. The smallest absolute Gasteiger partial charge is 0.373 e. The first-order valence-corrected chi connectivity index (χ1v) is 10.8. The average Bonchev–Trinajstić information content (AvgIpc) is 3.45. The minimum atomic E-state index is -4.56. The first kappa shape index (κ1) is 21.5. The molecule has 4 rings (SSSR count). The van der Waals surface area contributed by atoms with Crippen molar-refractivity contribution in [1.82, 2.24) is 10.6 Å². The highest BCUT2D eigenvalue weighted by atomic mass is 35.5. The molecule has 2 fully saturated rings. The first-order chi connectivity index (χ1) is 14.1. The number of carbonyl (C=O) groups is 1. The summed E-state index contributed by atoms with van der Waals surface area (Å²) >= 11 is 5.82. The van der Waals surface area contributed by atoms with Crippen LogP contribution in [0.3, 0.4) is 0 Å². The summed E-state index contributed by atoms with van der Waals surface area (Å²) in [5.74, 6) is 0.000617. The van der Waals surface area contributed by atoms with Crippen LogP contribution in [0.15, 0.2) is 30.0 Å². The molecule has 2 heterocycles. The van der Waals surface area contributed by atoms with Crippen LogP contribution >= 0.6 is 11.6 Å². The Hall–Kier alpha value is -1.73. The van der Waals surface area contributed by atoms with E-state index in [0.29, 0.717) is 42.9 Å². The second-order valence-corrected chi connectivity index (χ2v) is 9.43. The molecule has 1 amide bonds. The van der Waals surface area contributed by atoms with E-state index >= 15 is 0 Å². The lowest BCUT2D eigenvalue weighted by Gasteiger charge is -2.41. The number of carbonyl (C=O) groups excluding carboxylic acids is 1. The van der Waals surface area contributed by atoms with Crippen molar-refractivity contribution < 1.29 is 23.1 Å². The predicted octanol–water partition coefficient (Wildman–Crippen LogP) is 4.72. The van der Waals surface area contributed by atoms with Crippen LogP contribution in [0.1, 0.15) is 62.5 Å². The molecule has 3 unspecified atom stereocenters. The van der Waals surface area contributed by atoms with Crippen LogP contribution < -0.4 is 10.6 Å². The first-order valence-electron chi connectivity index (χ1n) is 10.4. The SMILES string of the molecule is CC1(C2CC2)CC=C(C(C[C@H]2CCC(=O)N2)c2ccc(Cl)c(C(F)(F)F)c2)NC1O. The monoisotopic (exact) mass is 442 g/mol. The van der Waals surface area contributed by atoms with Crippen LogP contribution in [0.25, 0.3) is 0 Å². The molecule has 3 aliphatic rings. The number of halogens is 4. The minimum absolute atomic E-state index is 0.0437. The maximum atomic E-state index is 13.4. The largest absolute Gasteiger partial charge is 0.417 e. The lowest BCUT2D eigenvalue weighted by Crippen LogP contribution is -2.48.